The normalized spacial score (nSPS) is 29.2. The molecule has 1 aromatic heterocycles. The molecule has 1 fully saturated rings. The highest BCUT2D eigenvalue weighted by Crippen LogP contribution is 2.57. The second kappa shape index (κ2) is 2.58. The van der Waals surface area contributed by atoms with E-state index in [-0.39, 0.29) is 12.0 Å². The van der Waals surface area contributed by atoms with E-state index in [9.17, 15) is 8.78 Å². The van der Waals surface area contributed by atoms with Crippen LogP contribution in [-0.4, -0.2) is 15.7 Å². The summed E-state index contributed by atoms with van der Waals surface area (Å²) in [4.78, 5) is 0. The fraction of sp³-hybridized carbons (Fsp3) is 0.700. The molecule has 2 N–H and O–H groups in total. The third-order valence-corrected chi connectivity index (χ3v) is 2.81. The molecule has 1 aliphatic carbocycles. The van der Waals surface area contributed by atoms with Gasteiger partial charge in [0.15, 0.2) is 0 Å². The van der Waals surface area contributed by atoms with Crippen molar-refractivity contribution < 1.29 is 8.78 Å². The van der Waals surface area contributed by atoms with Crippen LogP contribution >= 0.6 is 0 Å². The van der Waals surface area contributed by atoms with E-state index >= 15 is 0 Å². The Bertz CT molecular complexity index is 392. The Morgan fingerprint density at radius 3 is 2.33 bits per heavy atom. The molecule has 1 aromatic rings. The first-order valence-electron chi connectivity index (χ1n) is 4.89. The predicted octanol–water partition coefficient (Wildman–Crippen LogP) is 1.83. The molecule has 5 heteroatoms. The van der Waals surface area contributed by atoms with Crippen LogP contribution in [0.4, 0.5) is 8.78 Å². The number of nitrogens with zero attached hydrogens (tertiary/aromatic N) is 2. The Morgan fingerprint density at radius 2 is 2.00 bits per heavy atom. The lowest BCUT2D eigenvalue weighted by atomic mass is 10.1. The maximum Gasteiger partial charge on any atom is 0.272 e. The Labute approximate surface area is 87.3 Å². The van der Waals surface area contributed by atoms with Gasteiger partial charge in [-0.1, -0.05) is 0 Å². The summed E-state index contributed by atoms with van der Waals surface area (Å²) in [5, 5.41) is 4.06. The Morgan fingerprint density at radius 1 is 1.47 bits per heavy atom. The number of nitrogens with two attached hydrogens (primary N) is 1. The molecule has 0 aromatic carbocycles. The van der Waals surface area contributed by atoms with Crippen molar-refractivity contribution in [2.24, 2.45) is 5.73 Å². The quantitative estimate of drug-likeness (QED) is 0.776. The lowest BCUT2D eigenvalue weighted by Gasteiger charge is -2.19. The summed E-state index contributed by atoms with van der Waals surface area (Å²) < 4.78 is 27.7. The van der Waals surface area contributed by atoms with Crippen molar-refractivity contribution in [3.05, 3.63) is 18.0 Å². The van der Waals surface area contributed by atoms with E-state index < -0.39 is 11.5 Å². The van der Waals surface area contributed by atoms with Crippen molar-refractivity contribution in [1.82, 2.24) is 9.78 Å². The van der Waals surface area contributed by atoms with Gasteiger partial charge in [0, 0.05) is 18.2 Å². The zero-order chi connectivity index (χ0) is 11.5. The molecule has 0 saturated heterocycles. The molecule has 1 saturated carbocycles. The van der Waals surface area contributed by atoms with E-state index in [0.717, 1.165) is 0 Å². The van der Waals surface area contributed by atoms with Crippen molar-refractivity contribution in [3.8, 4) is 0 Å². The van der Waals surface area contributed by atoms with Crippen LogP contribution in [0.1, 0.15) is 32.8 Å². The topological polar surface area (TPSA) is 43.8 Å². The number of aromatic nitrogens is 2. The van der Waals surface area contributed by atoms with Gasteiger partial charge in [0.25, 0.3) is 5.92 Å². The van der Waals surface area contributed by atoms with Gasteiger partial charge in [-0.25, -0.2) is 8.78 Å². The van der Waals surface area contributed by atoms with Gasteiger partial charge in [-0.2, -0.15) is 5.10 Å². The van der Waals surface area contributed by atoms with Gasteiger partial charge in [0.1, 0.15) is 5.54 Å². The predicted molar refractivity (Wildman–Crippen MR) is 52.7 cm³/mol. The first-order chi connectivity index (χ1) is 6.67. The minimum absolute atomic E-state index is 0.210. The van der Waals surface area contributed by atoms with Crippen LogP contribution < -0.4 is 5.73 Å². The number of hydrogen-bond donors (Lipinski definition) is 1. The second-order valence-corrected chi connectivity index (χ2v) is 5.20. The zero-order valence-electron chi connectivity index (χ0n) is 9.09. The summed E-state index contributed by atoms with van der Waals surface area (Å²) in [5.74, 6) is -2.78. The van der Waals surface area contributed by atoms with Crippen molar-refractivity contribution in [3.63, 3.8) is 0 Å². The van der Waals surface area contributed by atoms with E-state index in [0.29, 0.717) is 5.56 Å². The maximum absolute atomic E-state index is 13.0. The van der Waals surface area contributed by atoms with Gasteiger partial charge >= 0.3 is 0 Å². The Balaban J connectivity index is 2.31. The van der Waals surface area contributed by atoms with Gasteiger partial charge < -0.3 is 5.73 Å². The summed E-state index contributed by atoms with van der Waals surface area (Å²) >= 11 is 0. The van der Waals surface area contributed by atoms with Crippen LogP contribution in [0.2, 0.25) is 0 Å². The third-order valence-electron chi connectivity index (χ3n) is 2.81. The molecule has 15 heavy (non-hydrogen) atoms. The molecule has 84 valence electrons. The maximum atomic E-state index is 13.0. The van der Waals surface area contributed by atoms with Crippen LogP contribution in [0.25, 0.3) is 0 Å². The molecule has 0 spiro atoms. The fourth-order valence-electron chi connectivity index (χ4n) is 1.54. The lowest BCUT2D eigenvalue weighted by Crippen LogP contribution is -2.27. The molecule has 0 aliphatic heterocycles. The molecule has 1 heterocycles. The molecule has 1 aliphatic rings. The summed E-state index contributed by atoms with van der Waals surface area (Å²) in [6.07, 6.45) is 2.77. The van der Waals surface area contributed by atoms with Crippen LogP contribution in [0.5, 0.6) is 0 Å². The average Bonchev–Trinajstić information content (AvgIpc) is 2.51. The zero-order valence-corrected chi connectivity index (χ0v) is 9.09. The van der Waals surface area contributed by atoms with Crippen LogP contribution in [-0.2, 0) is 11.1 Å². The van der Waals surface area contributed by atoms with Crippen molar-refractivity contribution in [2.45, 2.75) is 44.2 Å². The number of hydrogen-bond acceptors (Lipinski definition) is 2. The summed E-state index contributed by atoms with van der Waals surface area (Å²) in [7, 11) is 0. The first kappa shape index (κ1) is 10.5. The molecular weight excluding hydrogens is 200 g/mol. The number of halogens is 2. The van der Waals surface area contributed by atoms with E-state index in [1.165, 1.54) is 6.20 Å². The standard InChI is InChI=1S/C10H15F2N3/c1-8(2,3)15-5-7(4-14-15)9(13)6-10(9,11)12/h4-5H,6,13H2,1-3H3. The monoisotopic (exact) mass is 215 g/mol. The minimum Gasteiger partial charge on any atom is -0.316 e. The van der Waals surface area contributed by atoms with Gasteiger partial charge in [-0.3, -0.25) is 4.68 Å². The number of alkyl halides is 2. The highest BCUT2D eigenvalue weighted by molar-refractivity contribution is 5.32. The molecule has 0 bridgehead atoms. The van der Waals surface area contributed by atoms with Gasteiger partial charge in [0.05, 0.1) is 11.7 Å². The molecular formula is C10H15F2N3. The highest BCUT2D eigenvalue weighted by Gasteiger charge is 2.70. The van der Waals surface area contributed by atoms with Gasteiger partial charge in [0.2, 0.25) is 0 Å². The average molecular weight is 215 g/mol. The van der Waals surface area contributed by atoms with Crippen molar-refractivity contribution in [1.29, 1.82) is 0 Å². The molecule has 0 amide bonds. The Kier molecular flexibility index (Phi) is 1.81. The minimum atomic E-state index is -2.78. The second-order valence-electron chi connectivity index (χ2n) is 5.20. The third kappa shape index (κ3) is 1.45. The van der Waals surface area contributed by atoms with E-state index in [1.807, 2.05) is 20.8 Å². The van der Waals surface area contributed by atoms with Crippen molar-refractivity contribution >= 4 is 0 Å². The largest absolute Gasteiger partial charge is 0.316 e. The smallest absolute Gasteiger partial charge is 0.272 e. The lowest BCUT2D eigenvalue weighted by molar-refractivity contribution is 0.0890. The molecule has 3 nitrogen and oxygen atoms in total. The van der Waals surface area contributed by atoms with Crippen LogP contribution in [0.3, 0.4) is 0 Å². The van der Waals surface area contributed by atoms with E-state index in [2.05, 4.69) is 5.10 Å². The Hall–Kier alpha value is -0.970. The summed E-state index contributed by atoms with van der Waals surface area (Å²) in [6.45, 7) is 5.87. The molecule has 0 radical (unpaired) electrons. The van der Waals surface area contributed by atoms with E-state index in [1.54, 1.807) is 10.9 Å². The molecule has 1 unspecified atom stereocenters. The van der Waals surface area contributed by atoms with Crippen LogP contribution in [0.15, 0.2) is 12.4 Å². The molecule has 1 atom stereocenters. The summed E-state index contributed by atoms with van der Waals surface area (Å²) in [5.41, 5.74) is 4.32. The molecule has 2 rings (SSSR count). The first-order valence-corrected chi connectivity index (χ1v) is 4.89. The fourth-order valence-corrected chi connectivity index (χ4v) is 1.54. The van der Waals surface area contributed by atoms with Gasteiger partial charge in [-0.05, 0) is 20.8 Å². The van der Waals surface area contributed by atoms with Gasteiger partial charge in [-0.15, -0.1) is 0 Å². The van der Waals surface area contributed by atoms with Crippen molar-refractivity contribution in [2.75, 3.05) is 0 Å². The summed E-state index contributed by atoms with van der Waals surface area (Å²) in [6, 6.07) is 0. The SMILES string of the molecule is CC(C)(C)n1cc(C2(N)CC2(F)F)cn1. The highest BCUT2D eigenvalue weighted by atomic mass is 19.3. The number of rotatable bonds is 1. The van der Waals surface area contributed by atoms with E-state index in [4.69, 9.17) is 5.73 Å². The van der Waals surface area contributed by atoms with Crippen LogP contribution in [0, 0.1) is 0 Å².